The molecule has 0 aliphatic heterocycles. The van der Waals surface area contributed by atoms with Gasteiger partial charge in [-0.15, -0.1) is 0 Å². The van der Waals surface area contributed by atoms with Crippen molar-refractivity contribution in [2.75, 3.05) is 34.1 Å². The molecule has 3 aromatic rings. The van der Waals surface area contributed by atoms with Crippen molar-refractivity contribution in [2.45, 2.75) is 6.92 Å². The van der Waals surface area contributed by atoms with Crippen LogP contribution < -0.4 is 47.1 Å². The Labute approximate surface area is 200 Å². The van der Waals surface area contributed by atoms with Crippen LogP contribution in [0, 0.1) is 0 Å². The topological polar surface area (TPSA) is 54.0 Å². The van der Waals surface area contributed by atoms with Crippen LogP contribution in [0.5, 0.6) is 17.2 Å². The zero-order valence-corrected chi connectivity index (χ0v) is 21.2. The summed E-state index contributed by atoms with van der Waals surface area (Å²) in [5, 5.41) is 3.53. The minimum atomic E-state index is -2.14. The largest absolute Gasteiger partial charge is 1.00 e. The van der Waals surface area contributed by atoms with Crippen LogP contribution in [0.2, 0.25) is 0 Å². The van der Waals surface area contributed by atoms with Crippen molar-refractivity contribution in [1.82, 2.24) is 0 Å². The summed E-state index contributed by atoms with van der Waals surface area (Å²) in [6.45, 7) is 1.77. The Balaban J connectivity index is 0.00000363. The Hall–Kier alpha value is -2.56. The van der Waals surface area contributed by atoms with Crippen molar-refractivity contribution >= 4 is 29.1 Å². The lowest BCUT2D eigenvalue weighted by Gasteiger charge is -2.28. The zero-order valence-electron chi connectivity index (χ0n) is 18.7. The lowest BCUT2D eigenvalue weighted by Crippen LogP contribution is -3.00. The fraction of sp³-hybridized carbons (Fsp3) is 0.240. The molecule has 3 rings (SSSR count). The lowest BCUT2D eigenvalue weighted by atomic mass is 10.3. The molecule has 0 spiro atoms. The van der Waals surface area contributed by atoms with E-state index in [2.05, 4.69) is 36.4 Å². The summed E-state index contributed by atoms with van der Waals surface area (Å²) in [5.74, 6) is 2.11. The number of ether oxygens (including phenoxy) is 4. The normalized spacial score (nSPS) is 10.6. The summed E-state index contributed by atoms with van der Waals surface area (Å²) in [4.78, 5) is 11.5. The van der Waals surface area contributed by atoms with Crippen LogP contribution >= 0.6 is 7.26 Å². The van der Waals surface area contributed by atoms with E-state index >= 15 is 0 Å². The highest BCUT2D eigenvalue weighted by molar-refractivity contribution is 7.95. The SMILES string of the molecule is COc1ccc([P+](CCOC(C)=O)(c2ccc(OC)cc2)c2ccc(OC)cc2)cc1.[Br-]. The molecule has 0 N–H and O–H groups in total. The minimum absolute atomic E-state index is 0. The van der Waals surface area contributed by atoms with Gasteiger partial charge in [-0.05, 0) is 72.8 Å². The number of hydrogen-bond donors (Lipinski definition) is 0. The molecule has 0 unspecified atom stereocenters. The maximum Gasteiger partial charge on any atom is 0.302 e. The van der Waals surface area contributed by atoms with Gasteiger partial charge in [0.1, 0.15) is 53.2 Å². The third kappa shape index (κ3) is 5.62. The molecule has 0 radical (unpaired) electrons. The standard InChI is InChI=1S/C25H28O5P.BrH/c1-19(26)30-17-18-31(23-11-5-20(27-2)6-12-23,24-13-7-21(28-3)8-14-24)25-15-9-22(29-4)10-16-25;/h5-16H,17-18H2,1-4H3;1H/q+1;/p-1. The van der Waals surface area contributed by atoms with E-state index in [1.165, 1.54) is 22.8 Å². The highest BCUT2D eigenvalue weighted by Gasteiger charge is 2.45. The van der Waals surface area contributed by atoms with Gasteiger partial charge in [-0.3, -0.25) is 4.79 Å². The second kappa shape index (κ2) is 11.9. The smallest absolute Gasteiger partial charge is 0.302 e. The number of hydrogen-bond acceptors (Lipinski definition) is 5. The Morgan fingerprint density at radius 2 is 0.969 bits per heavy atom. The molecule has 5 nitrogen and oxygen atoms in total. The first kappa shape index (κ1) is 25.7. The van der Waals surface area contributed by atoms with Gasteiger partial charge in [-0.2, -0.15) is 0 Å². The van der Waals surface area contributed by atoms with Gasteiger partial charge >= 0.3 is 5.97 Å². The molecule has 0 aromatic heterocycles. The van der Waals surface area contributed by atoms with Crippen molar-refractivity contribution < 1.29 is 40.7 Å². The molecule has 0 saturated carbocycles. The molecular formula is C25H28BrO5P. The maximum atomic E-state index is 11.5. The van der Waals surface area contributed by atoms with Crippen molar-refractivity contribution in [3.8, 4) is 17.2 Å². The van der Waals surface area contributed by atoms with E-state index in [1.54, 1.807) is 21.3 Å². The van der Waals surface area contributed by atoms with Crippen LogP contribution in [0.15, 0.2) is 72.8 Å². The van der Waals surface area contributed by atoms with Crippen LogP contribution in [0.1, 0.15) is 6.92 Å². The van der Waals surface area contributed by atoms with Crippen LogP contribution in [-0.2, 0) is 9.53 Å². The van der Waals surface area contributed by atoms with E-state index in [-0.39, 0.29) is 23.0 Å². The van der Waals surface area contributed by atoms with Crippen molar-refractivity contribution in [1.29, 1.82) is 0 Å². The number of halogens is 1. The summed E-state index contributed by atoms with van der Waals surface area (Å²) in [7, 11) is 2.83. The van der Waals surface area contributed by atoms with E-state index in [0.717, 1.165) is 17.2 Å². The van der Waals surface area contributed by atoms with E-state index in [9.17, 15) is 4.79 Å². The fourth-order valence-corrected chi connectivity index (χ4v) is 7.68. The molecular weight excluding hydrogens is 491 g/mol. The molecule has 32 heavy (non-hydrogen) atoms. The highest BCUT2D eigenvalue weighted by Crippen LogP contribution is 2.55. The second-order valence-electron chi connectivity index (χ2n) is 6.97. The summed E-state index contributed by atoms with van der Waals surface area (Å²) in [5.41, 5.74) is 0. The molecule has 0 amide bonds. The third-order valence-electron chi connectivity index (χ3n) is 5.27. The Morgan fingerprint density at radius 3 is 1.22 bits per heavy atom. The Bertz CT molecular complexity index is 873. The first-order valence-electron chi connectivity index (χ1n) is 9.99. The molecule has 0 aliphatic rings. The molecule has 0 aliphatic carbocycles. The average molecular weight is 519 g/mol. The lowest BCUT2D eigenvalue weighted by molar-refractivity contribution is -0.140. The molecule has 0 atom stereocenters. The van der Waals surface area contributed by atoms with Gasteiger partial charge in [0.05, 0.1) is 21.3 Å². The van der Waals surface area contributed by atoms with Gasteiger partial charge in [0.25, 0.3) is 0 Å². The first-order valence-corrected chi connectivity index (χ1v) is 12.0. The van der Waals surface area contributed by atoms with Crippen LogP contribution in [0.3, 0.4) is 0 Å². The number of carbonyl (C=O) groups is 1. The molecule has 0 saturated heterocycles. The first-order chi connectivity index (χ1) is 15.0. The molecule has 3 aromatic carbocycles. The van der Waals surface area contributed by atoms with Crippen LogP contribution in [0.25, 0.3) is 0 Å². The fourth-order valence-electron chi connectivity index (χ4n) is 3.67. The zero-order chi connectivity index (χ0) is 22.3. The summed E-state index contributed by atoms with van der Waals surface area (Å²) >= 11 is 0. The maximum absolute atomic E-state index is 11.5. The Morgan fingerprint density at radius 1 is 0.656 bits per heavy atom. The van der Waals surface area contributed by atoms with Gasteiger partial charge < -0.3 is 35.9 Å². The van der Waals surface area contributed by atoms with Crippen molar-refractivity contribution in [3.63, 3.8) is 0 Å². The predicted octanol–water partition coefficient (Wildman–Crippen LogP) is 0.573. The van der Waals surface area contributed by atoms with Gasteiger partial charge in [0, 0.05) is 6.92 Å². The molecule has 0 fully saturated rings. The average Bonchev–Trinajstić information content (AvgIpc) is 2.82. The summed E-state index contributed by atoms with van der Waals surface area (Å²) < 4.78 is 21.5. The van der Waals surface area contributed by atoms with Gasteiger partial charge in [-0.25, -0.2) is 0 Å². The molecule has 0 heterocycles. The monoisotopic (exact) mass is 518 g/mol. The number of benzene rings is 3. The van der Waals surface area contributed by atoms with Gasteiger partial charge in [-0.1, -0.05) is 0 Å². The van der Waals surface area contributed by atoms with Crippen LogP contribution in [-0.4, -0.2) is 40.1 Å². The van der Waals surface area contributed by atoms with Crippen LogP contribution in [0.4, 0.5) is 0 Å². The molecule has 7 heteroatoms. The van der Waals surface area contributed by atoms with Gasteiger partial charge in [0.2, 0.25) is 0 Å². The molecule has 0 bridgehead atoms. The van der Waals surface area contributed by atoms with E-state index in [4.69, 9.17) is 18.9 Å². The number of methoxy groups -OCH3 is 3. The third-order valence-corrected chi connectivity index (χ3v) is 9.66. The second-order valence-corrected chi connectivity index (χ2v) is 10.6. The van der Waals surface area contributed by atoms with Crippen molar-refractivity contribution in [3.05, 3.63) is 72.8 Å². The van der Waals surface area contributed by atoms with Gasteiger partial charge in [0.15, 0.2) is 0 Å². The minimum Gasteiger partial charge on any atom is -1.00 e. The van der Waals surface area contributed by atoms with E-state index in [1.807, 2.05) is 36.4 Å². The van der Waals surface area contributed by atoms with Crippen molar-refractivity contribution in [2.24, 2.45) is 0 Å². The number of rotatable bonds is 9. The summed E-state index contributed by atoms with van der Waals surface area (Å²) in [6.07, 6.45) is 0.678. The summed E-state index contributed by atoms with van der Waals surface area (Å²) in [6, 6.07) is 24.5. The predicted molar refractivity (Wildman–Crippen MR) is 126 cm³/mol. The quantitative estimate of drug-likeness (QED) is 0.306. The highest BCUT2D eigenvalue weighted by atomic mass is 79.9. The Kier molecular flexibility index (Phi) is 9.55. The number of esters is 1. The van der Waals surface area contributed by atoms with E-state index < -0.39 is 7.26 Å². The molecule has 170 valence electrons. The van der Waals surface area contributed by atoms with E-state index in [0.29, 0.717) is 12.8 Å². The number of carbonyl (C=O) groups excluding carboxylic acids is 1.